The maximum Gasteiger partial charge on any atom is 0.244 e. The molecule has 0 saturated heterocycles. The Morgan fingerprint density at radius 1 is 1.59 bits per heavy atom. The fraction of sp³-hybridized carbons (Fsp3) is 0.455. The van der Waals surface area contributed by atoms with E-state index in [1.807, 2.05) is 20.8 Å². The van der Waals surface area contributed by atoms with Crippen molar-refractivity contribution >= 4 is 37.3 Å². The molecule has 0 radical (unpaired) electrons. The highest BCUT2D eigenvalue weighted by molar-refractivity contribution is 9.11. The van der Waals surface area contributed by atoms with Crippen molar-refractivity contribution in [2.45, 2.75) is 31.7 Å². The molecule has 0 amide bonds. The molecule has 1 heterocycles. The Bertz CT molecular complexity index is 506. The average Bonchev–Trinajstić information content (AvgIpc) is 2.54. The summed E-state index contributed by atoms with van der Waals surface area (Å²) in [4.78, 5) is 1.18. The smallest absolute Gasteiger partial charge is 0.207 e. The number of aryl methyl sites for hydroxylation is 1. The van der Waals surface area contributed by atoms with Gasteiger partial charge in [0.2, 0.25) is 10.0 Å². The van der Waals surface area contributed by atoms with Crippen molar-refractivity contribution < 1.29 is 8.42 Å². The van der Waals surface area contributed by atoms with Crippen LogP contribution in [0.4, 0.5) is 0 Å². The quantitative estimate of drug-likeness (QED) is 0.772. The van der Waals surface area contributed by atoms with Gasteiger partial charge in [0.05, 0.1) is 8.68 Å². The Labute approximate surface area is 115 Å². The van der Waals surface area contributed by atoms with Crippen LogP contribution in [-0.4, -0.2) is 25.3 Å². The van der Waals surface area contributed by atoms with Gasteiger partial charge in [-0.3, -0.25) is 0 Å². The molecule has 17 heavy (non-hydrogen) atoms. The summed E-state index contributed by atoms with van der Waals surface area (Å²) in [7, 11) is -3.43. The minimum Gasteiger partial charge on any atom is -0.207 e. The highest BCUT2D eigenvalue weighted by atomic mass is 79.9. The lowest BCUT2D eigenvalue weighted by Crippen LogP contribution is -2.37. The van der Waals surface area contributed by atoms with Gasteiger partial charge in [-0.2, -0.15) is 4.31 Å². The predicted molar refractivity (Wildman–Crippen MR) is 76.0 cm³/mol. The molecule has 0 unspecified atom stereocenters. The molecule has 0 atom stereocenters. The fourth-order valence-electron chi connectivity index (χ4n) is 1.53. The first kappa shape index (κ1) is 14.9. The third kappa shape index (κ3) is 3.19. The normalized spacial score (nSPS) is 12.4. The van der Waals surface area contributed by atoms with Crippen molar-refractivity contribution in [3.8, 4) is 0 Å². The van der Waals surface area contributed by atoms with Crippen LogP contribution >= 0.6 is 27.3 Å². The molecule has 0 fully saturated rings. The topological polar surface area (TPSA) is 37.4 Å². The third-order valence-corrected chi connectivity index (χ3v) is 6.16. The van der Waals surface area contributed by atoms with E-state index in [0.717, 1.165) is 8.66 Å². The van der Waals surface area contributed by atoms with Crippen molar-refractivity contribution in [1.82, 2.24) is 4.31 Å². The summed E-state index contributed by atoms with van der Waals surface area (Å²) in [5.41, 5.74) is 0. The molecular weight excluding hydrogens is 322 g/mol. The van der Waals surface area contributed by atoms with E-state index in [2.05, 4.69) is 22.5 Å². The fourth-order valence-corrected chi connectivity index (χ4v) is 5.52. The maximum absolute atomic E-state index is 12.5. The monoisotopic (exact) mass is 337 g/mol. The van der Waals surface area contributed by atoms with Gasteiger partial charge in [-0.25, -0.2) is 8.42 Å². The zero-order chi connectivity index (χ0) is 13.2. The standard InChI is InChI=1S/C11H16BrNO2S2/c1-5-6-13(8(2)3)17(14,15)10-7-11(12)16-9(10)4/h5,7-8H,1,6H2,2-4H3. The highest BCUT2D eigenvalue weighted by Gasteiger charge is 2.28. The van der Waals surface area contributed by atoms with Crippen LogP contribution in [0.1, 0.15) is 18.7 Å². The van der Waals surface area contributed by atoms with Gasteiger partial charge in [0.15, 0.2) is 0 Å². The van der Waals surface area contributed by atoms with Gasteiger partial charge in [0, 0.05) is 17.5 Å². The average molecular weight is 338 g/mol. The molecule has 3 nitrogen and oxygen atoms in total. The number of hydrogen-bond acceptors (Lipinski definition) is 3. The molecule has 1 aromatic heterocycles. The molecule has 0 saturated carbocycles. The van der Waals surface area contributed by atoms with E-state index in [9.17, 15) is 8.42 Å². The van der Waals surface area contributed by atoms with Gasteiger partial charge < -0.3 is 0 Å². The van der Waals surface area contributed by atoms with Crippen LogP contribution in [0.2, 0.25) is 0 Å². The van der Waals surface area contributed by atoms with Crippen molar-refractivity contribution in [3.63, 3.8) is 0 Å². The van der Waals surface area contributed by atoms with Crippen LogP contribution in [0.5, 0.6) is 0 Å². The lowest BCUT2D eigenvalue weighted by molar-refractivity contribution is 0.383. The van der Waals surface area contributed by atoms with Gasteiger partial charge >= 0.3 is 0 Å². The molecule has 6 heteroatoms. The van der Waals surface area contributed by atoms with Crippen LogP contribution in [0.15, 0.2) is 27.4 Å². The SMILES string of the molecule is C=CCN(C(C)C)S(=O)(=O)c1cc(Br)sc1C. The summed E-state index contributed by atoms with van der Waals surface area (Å²) in [5.74, 6) is 0. The summed E-state index contributed by atoms with van der Waals surface area (Å²) < 4.78 is 27.2. The van der Waals surface area contributed by atoms with Crippen molar-refractivity contribution in [1.29, 1.82) is 0 Å². The van der Waals surface area contributed by atoms with E-state index >= 15 is 0 Å². The molecule has 0 aromatic carbocycles. The highest BCUT2D eigenvalue weighted by Crippen LogP contribution is 2.32. The summed E-state index contributed by atoms with van der Waals surface area (Å²) >= 11 is 4.74. The van der Waals surface area contributed by atoms with Crippen molar-refractivity contribution in [2.24, 2.45) is 0 Å². The lowest BCUT2D eigenvalue weighted by Gasteiger charge is -2.24. The zero-order valence-corrected chi connectivity index (χ0v) is 13.3. The Morgan fingerprint density at radius 3 is 2.53 bits per heavy atom. The molecule has 0 aliphatic carbocycles. The number of halogens is 1. The summed E-state index contributed by atoms with van der Waals surface area (Å²) in [6.45, 7) is 9.46. The summed E-state index contributed by atoms with van der Waals surface area (Å²) in [5, 5.41) is 0. The molecule has 0 aliphatic rings. The van der Waals surface area contributed by atoms with Gasteiger partial charge in [-0.15, -0.1) is 17.9 Å². The Balaban J connectivity index is 3.25. The largest absolute Gasteiger partial charge is 0.244 e. The first-order valence-corrected chi connectivity index (χ1v) is 8.24. The number of nitrogens with zero attached hydrogens (tertiary/aromatic N) is 1. The Morgan fingerprint density at radius 2 is 2.18 bits per heavy atom. The second-order valence-corrected chi connectivity index (χ2v) is 8.42. The van der Waals surface area contributed by atoms with E-state index in [4.69, 9.17) is 0 Å². The van der Waals surface area contributed by atoms with E-state index < -0.39 is 10.0 Å². The number of sulfonamides is 1. The maximum atomic E-state index is 12.5. The second-order valence-electron chi connectivity index (χ2n) is 3.93. The van der Waals surface area contributed by atoms with Crippen LogP contribution in [0.25, 0.3) is 0 Å². The second kappa shape index (κ2) is 5.65. The minimum absolute atomic E-state index is 0.0870. The first-order valence-electron chi connectivity index (χ1n) is 5.19. The van der Waals surface area contributed by atoms with Crippen LogP contribution < -0.4 is 0 Å². The van der Waals surface area contributed by atoms with Crippen molar-refractivity contribution in [3.05, 3.63) is 27.4 Å². The molecular formula is C11H16BrNO2S2. The molecule has 1 aromatic rings. The molecule has 0 aliphatic heterocycles. The third-order valence-electron chi connectivity index (χ3n) is 2.31. The van der Waals surface area contributed by atoms with Gasteiger partial charge in [-0.05, 0) is 42.8 Å². The Kier molecular flexibility index (Phi) is 4.95. The van der Waals surface area contributed by atoms with Gasteiger partial charge in [0.25, 0.3) is 0 Å². The molecule has 0 spiro atoms. The number of hydrogen-bond donors (Lipinski definition) is 0. The van der Waals surface area contributed by atoms with E-state index in [-0.39, 0.29) is 6.04 Å². The zero-order valence-electron chi connectivity index (χ0n) is 10.1. The lowest BCUT2D eigenvalue weighted by atomic mass is 10.4. The number of thiophene rings is 1. The first-order chi connectivity index (χ1) is 7.80. The predicted octanol–water partition coefficient (Wildman–Crippen LogP) is 3.40. The van der Waals surface area contributed by atoms with Crippen LogP contribution in [-0.2, 0) is 10.0 Å². The molecule has 0 N–H and O–H groups in total. The van der Waals surface area contributed by atoms with Crippen LogP contribution in [0.3, 0.4) is 0 Å². The van der Waals surface area contributed by atoms with Crippen molar-refractivity contribution in [2.75, 3.05) is 6.54 Å². The van der Waals surface area contributed by atoms with Gasteiger partial charge in [-0.1, -0.05) is 6.08 Å². The van der Waals surface area contributed by atoms with E-state index in [0.29, 0.717) is 11.4 Å². The van der Waals surface area contributed by atoms with E-state index in [1.165, 1.54) is 15.6 Å². The minimum atomic E-state index is -3.43. The molecule has 96 valence electrons. The van der Waals surface area contributed by atoms with Gasteiger partial charge in [0.1, 0.15) is 0 Å². The van der Waals surface area contributed by atoms with E-state index in [1.54, 1.807) is 12.1 Å². The summed E-state index contributed by atoms with van der Waals surface area (Å²) in [6.07, 6.45) is 1.61. The number of rotatable bonds is 5. The summed E-state index contributed by atoms with van der Waals surface area (Å²) in [6, 6.07) is 1.57. The molecule has 0 bridgehead atoms. The Hall–Kier alpha value is -0.170. The van der Waals surface area contributed by atoms with Crippen LogP contribution in [0, 0.1) is 6.92 Å². The molecule has 1 rings (SSSR count).